The molecule has 3 aromatic rings. The predicted octanol–water partition coefficient (Wildman–Crippen LogP) is 5.20. The lowest BCUT2D eigenvalue weighted by atomic mass is 10.2. The van der Waals surface area contributed by atoms with Crippen molar-refractivity contribution in [2.45, 2.75) is 0 Å². The van der Waals surface area contributed by atoms with E-state index in [1.165, 1.54) is 11.0 Å². The highest BCUT2D eigenvalue weighted by Crippen LogP contribution is 2.26. The van der Waals surface area contributed by atoms with Crippen LogP contribution < -0.4 is 14.4 Å². The summed E-state index contributed by atoms with van der Waals surface area (Å²) in [6.45, 7) is 0. The summed E-state index contributed by atoms with van der Waals surface area (Å²) in [6, 6.07) is 21.2. The van der Waals surface area contributed by atoms with E-state index in [1.807, 2.05) is 0 Å². The van der Waals surface area contributed by atoms with Crippen molar-refractivity contribution >= 4 is 45.1 Å². The molecule has 0 fully saturated rings. The van der Waals surface area contributed by atoms with Crippen LogP contribution in [0.15, 0.2) is 84.3 Å². The Morgan fingerprint density at radius 1 is 0.933 bits per heavy atom. The normalized spacial score (nSPS) is 11.3. The van der Waals surface area contributed by atoms with Crippen LogP contribution in [-0.4, -0.2) is 21.6 Å². The van der Waals surface area contributed by atoms with Gasteiger partial charge in [0.25, 0.3) is 10.0 Å². The monoisotopic (exact) mass is 442 g/mol. The number of hydrogen-bond donors (Lipinski definition) is 1. The molecule has 3 rings (SSSR count). The summed E-state index contributed by atoms with van der Waals surface area (Å²) >= 11 is 5.93. The number of methoxy groups -OCH3 is 1. The Bertz CT molecular complexity index is 1130. The molecule has 0 aliphatic rings. The molecule has 0 radical (unpaired) electrons. The van der Waals surface area contributed by atoms with E-state index in [0.29, 0.717) is 27.7 Å². The minimum absolute atomic E-state index is 0.470. The molecule has 0 atom stereocenters. The summed E-state index contributed by atoms with van der Waals surface area (Å²) in [5.41, 5.74) is 1.62. The van der Waals surface area contributed by atoms with Crippen molar-refractivity contribution in [3.63, 3.8) is 0 Å². The molecule has 0 spiro atoms. The molecule has 0 bridgehead atoms. The molecule has 154 valence electrons. The summed E-state index contributed by atoms with van der Waals surface area (Å²) in [7, 11) is -2.50. The summed E-state index contributed by atoms with van der Waals surface area (Å²) < 4.78 is 32.1. The van der Waals surface area contributed by atoms with E-state index < -0.39 is 16.1 Å². The first kappa shape index (κ1) is 21.4. The molecule has 2 amide bonds. The Morgan fingerprint density at radius 3 is 2.13 bits per heavy atom. The van der Waals surface area contributed by atoms with Gasteiger partial charge in [0.05, 0.1) is 23.9 Å². The molecular formula is C22H19ClN2O4S. The molecule has 6 nitrogen and oxygen atoms in total. The number of para-hydroxylation sites is 1. The Hall–Kier alpha value is -3.29. The lowest BCUT2D eigenvalue weighted by Crippen LogP contribution is -2.39. The van der Waals surface area contributed by atoms with Gasteiger partial charge in [-0.2, -0.15) is 0 Å². The van der Waals surface area contributed by atoms with E-state index in [1.54, 1.807) is 86.0 Å². The van der Waals surface area contributed by atoms with Crippen LogP contribution in [0.25, 0.3) is 6.08 Å². The van der Waals surface area contributed by atoms with E-state index in [0.717, 1.165) is 5.41 Å². The molecule has 3 aromatic carbocycles. The molecule has 0 saturated carbocycles. The van der Waals surface area contributed by atoms with Gasteiger partial charge in [-0.05, 0) is 60.2 Å². The lowest BCUT2D eigenvalue weighted by Gasteiger charge is -2.23. The molecule has 1 N–H and O–H groups in total. The van der Waals surface area contributed by atoms with Crippen LogP contribution in [0.1, 0.15) is 5.56 Å². The minimum atomic E-state index is -4.04. The summed E-state index contributed by atoms with van der Waals surface area (Å²) in [6.07, 6.45) is 1.39. The van der Waals surface area contributed by atoms with Crippen LogP contribution in [0.5, 0.6) is 5.75 Å². The maximum absolute atomic E-state index is 12.9. The summed E-state index contributed by atoms with van der Waals surface area (Å²) in [4.78, 5) is 14.2. The van der Waals surface area contributed by atoms with Crippen molar-refractivity contribution in [2.24, 2.45) is 0 Å². The van der Waals surface area contributed by atoms with Crippen LogP contribution in [0.3, 0.4) is 0 Å². The van der Waals surface area contributed by atoms with Gasteiger partial charge < -0.3 is 4.74 Å². The lowest BCUT2D eigenvalue weighted by molar-refractivity contribution is 0.253. The molecule has 0 aliphatic heterocycles. The standard InChI is InChI=1S/C22H19ClN2O4S/c1-29-21-13-7-17(8-14-21)15-16-30(27,28)24-22(26)25(19-5-3-2-4-6-19)20-11-9-18(23)10-12-20/h2-16H,1H3,(H,24,26). The summed E-state index contributed by atoms with van der Waals surface area (Å²) in [5.74, 6) is 0.657. The van der Waals surface area contributed by atoms with Crippen molar-refractivity contribution < 1.29 is 17.9 Å². The number of benzene rings is 3. The molecule has 0 unspecified atom stereocenters. The SMILES string of the molecule is COc1ccc(C=CS(=O)(=O)NC(=O)N(c2ccccc2)c2ccc(Cl)cc2)cc1. The molecular weight excluding hydrogens is 424 g/mol. The maximum Gasteiger partial charge on any atom is 0.340 e. The zero-order valence-corrected chi connectivity index (χ0v) is 17.6. The van der Waals surface area contributed by atoms with Gasteiger partial charge in [0, 0.05) is 5.02 Å². The number of halogens is 1. The highest BCUT2D eigenvalue weighted by atomic mass is 35.5. The van der Waals surface area contributed by atoms with Gasteiger partial charge in [-0.15, -0.1) is 0 Å². The van der Waals surface area contributed by atoms with Crippen LogP contribution in [0.2, 0.25) is 5.02 Å². The Balaban J connectivity index is 1.83. The van der Waals surface area contributed by atoms with Gasteiger partial charge >= 0.3 is 6.03 Å². The van der Waals surface area contributed by atoms with Crippen LogP contribution in [-0.2, 0) is 10.0 Å². The van der Waals surface area contributed by atoms with Gasteiger partial charge in [-0.1, -0.05) is 41.9 Å². The van der Waals surface area contributed by atoms with E-state index in [4.69, 9.17) is 16.3 Å². The van der Waals surface area contributed by atoms with Gasteiger partial charge in [0.15, 0.2) is 0 Å². The second-order valence-corrected chi connectivity index (χ2v) is 8.18. The third-order valence-electron chi connectivity index (χ3n) is 4.09. The zero-order valence-electron chi connectivity index (χ0n) is 16.0. The third-order valence-corrected chi connectivity index (χ3v) is 5.29. The quantitative estimate of drug-likeness (QED) is 0.569. The van der Waals surface area contributed by atoms with Gasteiger partial charge in [-0.3, -0.25) is 4.90 Å². The minimum Gasteiger partial charge on any atom is -0.497 e. The largest absolute Gasteiger partial charge is 0.497 e. The van der Waals surface area contributed by atoms with Crippen LogP contribution in [0.4, 0.5) is 16.2 Å². The Morgan fingerprint density at radius 2 is 1.53 bits per heavy atom. The van der Waals surface area contributed by atoms with E-state index >= 15 is 0 Å². The van der Waals surface area contributed by atoms with Gasteiger partial charge in [-0.25, -0.2) is 17.9 Å². The molecule has 0 aliphatic carbocycles. The number of carbonyl (C=O) groups excluding carboxylic acids is 1. The predicted molar refractivity (Wildman–Crippen MR) is 120 cm³/mol. The van der Waals surface area contributed by atoms with Gasteiger partial charge in [0.2, 0.25) is 0 Å². The smallest absolute Gasteiger partial charge is 0.340 e. The first-order valence-corrected chi connectivity index (χ1v) is 10.8. The van der Waals surface area contributed by atoms with Crippen LogP contribution in [0, 0.1) is 0 Å². The highest BCUT2D eigenvalue weighted by Gasteiger charge is 2.21. The fraction of sp³-hybridized carbons (Fsp3) is 0.0455. The highest BCUT2D eigenvalue weighted by molar-refractivity contribution is 7.93. The number of nitrogens with one attached hydrogen (secondary N) is 1. The number of urea groups is 1. The van der Waals surface area contributed by atoms with Crippen molar-refractivity contribution in [1.82, 2.24) is 4.72 Å². The number of carbonyl (C=O) groups is 1. The van der Waals surface area contributed by atoms with Crippen molar-refractivity contribution in [2.75, 3.05) is 12.0 Å². The molecule has 8 heteroatoms. The van der Waals surface area contributed by atoms with E-state index in [2.05, 4.69) is 4.72 Å². The van der Waals surface area contributed by atoms with Crippen molar-refractivity contribution in [1.29, 1.82) is 0 Å². The average molecular weight is 443 g/mol. The molecule has 30 heavy (non-hydrogen) atoms. The summed E-state index contributed by atoms with van der Waals surface area (Å²) in [5, 5.41) is 1.44. The number of hydrogen-bond acceptors (Lipinski definition) is 4. The zero-order chi connectivity index (χ0) is 21.6. The number of anilines is 2. The second-order valence-electron chi connectivity index (χ2n) is 6.18. The fourth-order valence-corrected chi connectivity index (χ4v) is 3.50. The Kier molecular flexibility index (Phi) is 6.76. The number of ether oxygens (including phenoxy) is 1. The molecule has 0 heterocycles. The topological polar surface area (TPSA) is 75.7 Å². The number of sulfonamides is 1. The van der Waals surface area contributed by atoms with Crippen molar-refractivity contribution in [3.8, 4) is 5.75 Å². The average Bonchev–Trinajstić information content (AvgIpc) is 2.75. The first-order chi connectivity index (χ1) is 14.4. The van der Waals surface area contributed by atoms with E-state index in [9.17, 15) is 13.2 Å². The second kappa shape index (κ2) is 9.47. The molecule has 0 aromatic heterocycles. The number of nitrogens with zero attached hydrogens (tertiary/aromatic N) is 1. The fourth-order valence-electron chi connectivity index (χ4n) is 2.64. The third kappa shape index (κ3) is 5.62. The number of rotatable bonds is 6. The first-order valence-electron chi connectivity index (χ1n) is 8.87. The maximum atomic E-state index is 12.9. The van der Waals surface area contributed by atoms with Crippen LogP contribution >= 0.6 is 11.6 Å². The van der Waals surface area contributed by atoms with Crippen molar-refractivity contribution in [3.05, 3.63) is 94.9 Å². The Labute approximate surface area is 180 Å². The molecule has 0 saturated heterocycles. The van der Waals surface area contributed by atoms with Gasteiger partial charge in [0.1, 0.15) is 5.75 Å². The van der Waals surface area contributed by atoms with E-state index in [-0.39, 0.29) is 0 Å². The number of amides is 2.